The smallest absolute Gasteiger partial charge is 0.356 e. The van der Waals surface area contributed by atoms with Crippen molar-refractivity contribution in [2.24, 2.45) is 0 Å². The number of ether oxygens (including phenoxy) is 1. The van der Waals surface area contributed by atoms with Gasteiger partial charge >= 0.3 is 7.82 Å². The summed E-state index contributed by atoms with van der Waals surface area (Å²) in [6.45, 7) is 3.48. The highest BCUT2D eigenvalue weighted by molar-refractivity contribution is 7.46. The third-order valence-corrected chi connectivity index (χ3v) is 6.17. The van der Waals surface area contributed by atoms with Crippen LogP contribution in [0.15, 0.2) is 0 Å². The van der Waals surface area contributed by atoms with Crippen LogP contribution in [-0.2, 0) is 18.6 Å². The summed E-state index contributed by atoms with van der Waals surface area (Å²) >= 11 is 0. The Morgan fingerprint density at radius 2 is 1.32 bits per heavy atom. The van der Waals surface area contributed by atoms with Crippen molar-refractivity contribution in [2.45, 2.75) is 116 Å². The summed E-state index contributed by atoms with van der Waals surface area (Å²) in [7, 11) is 1.08. The minimum atomic E-state index is -4.60. The van der Waals surface area contributed by atoms with E-state index < -0.39 is 14.1 Å². The fourth-order valence-corrected chi connectivity index (χ4v) is 4.21. The first kappa shape index (κ1) is 33.5. The molecule has 0 aromatic heterocycles. The van der Waals surface area contributed by atoms with Gasteiger partial charge in [-0.05, 0) is 19.3 Å². The van der Waals surface area contributed by atoms with E-state index >= 15 is 0 Å². The highest BCUT2D eigenvalue weighted by Gasteiger charge is 2.27. The van der Waals surface area contributed by atoms with Crippen LogP contribution in [0.2, 0.25) is 0 Å². The zero-order chi connectivity index (χ0) is 25.7. The van der Waals surface area contributed by atoms with Gasteiger partial charge in [0.1, 0.15) is 6.54 Å². The molecular weight excluding hydrogens is 455 g/mol. The summed E-state index contributed by atoms with van der Waals surface area (Å²) in [4.78, 5) is 30.0. The highest BCUT2D eigenvalue weighted by atomic mass is 31.2. The first-order chi connectivity index (χ1) is 16.0. The molecule has 0 saturated heterocycles. The molecule has 0 aliphatic heterocycles. The summed E-state index contributed by atoms with van der Waals surface area (Å²) in [5, 5.41) is 2.94. The van der Waals surface area contributed by atoms with Gasteiger partial charge in [-0.1, -0.05) is 84.0 Å². The molecule has 0 fully saturated rings. The van der Waals surface area contributed by atoms with E-state index in [9.17, 15) is 9.36 Å². The molecule has 34 heavy (non-hydrogen) atoms. The Morgan fingerprint density at radius 1 is 0.824 bits per heavy atom. The summed E-state index contributed by atoms with van der Waals surface area (Å²) < 4.78 is 21.8. The van der Waals surface area contributed by atoms with Crippen molar-refractivity contribution < 1.29 is 32.9 Å². The van der Waals surface area contributed by atoms with Gasteiger partial charge in [0.2, 0.25) is 12.2 Å². The van der Waals surface area contributed by atoms with Gasteiger partial charge < -0.3 is 24.3 Å². The van der Waals surface area contributed by atoms with Crippen LogP contribution in [0, 0.1) is 0 Å². The normalized spacial score (nSPS) is 13.2. The number of hydrogen-bond donors (Lipinski definition) is 3. The number of amides is 1. The van der Waals surface area contributed by atoms with Crippen LogP contribution in [0.5, 0.6) is 0 Å². The Morgan fingerprint density at radius 3 is 1.79 bits per heavy atom. The topological polar surface area (TPSA) is 105 Å². The molecule has 1 atom stereocenters. The number of nitrogens with one attached hydrogen (secondary N) is 1. The van der Waals surface area contributed by atoms with Crippen LogP contribution in [0.3, 0.4) is 0 Å². The maximum absolute atomic E-state index is 11.9. The number of unbranched alkanes of at least 4 members (excludes halogenated alkanes) is 13. The fourth-order valence-electron chi connectivity index (χ4n) is 3.78. The minimum Gasteiger partial charge on any atom is -0.356 e. The van der Waals surface area contributed by atoms with E-state index in [0.717, 1.165) is 19.3 Å². The van der Waals surface area contributed by atoms with Gasteiger partial charge in [-0.3, -0.25) is 9.32 Å². The number of quaternary nitrogens is 1. The summed E-state index contributed by atoms with van der Waals surface area (Å²) in [6, 6.07) is 0. The molecule has 0 aliphatic rings. The molecule has 1 unspecified atom stereocenters. The van der Waals surface area contributed by atoms with E-state index in [1.165, 1.54) is 70.6 Å². The average molecular weight is 510 g/mol. The first-order valence-corrected chi connectivity index (χ1v) is 15.0. The Kier molecular flexibility index (Phi) is 20.4. The number of carbonyl (C=O) groups is 1. The van der Waals surface area contributed by atoms with E-state index in [1.54, 1.807) is 0 Å². The molecule has 0 aromatic carbocycles. The summed E-state index contributed by atoms with van der Waals surface area (Å²) in [5.41, 5.74) is 0. The van der Waals surface area contributed by atoms with Crippen LogP contribution in [0.1, 0.15) is 110 Å². The third kappa shape index (κ3) is 26.1. The number of carbonyl (C=O) groups excluding carboxylic acids is 1. The molecule has 1 amide bonds. The third-order valence-electron chi connectivity index (χ3n) is 5.66. The largest absolute Gasteiger partial charge is 0.472 e. The maximum atomic E-state index is 11.9. The second-order valence-corrected chi connectivity index (χ2v) is 11.6. The first-order valence-electron chi connectivity index (χ1n) is 13.5. The molecule has 0 rings (SSSR count). The lowest BCUT2D eigenvalue weighted by Crippen LogP contribution is -2.43. The molecule has 0 spiro atoms. The van der Waals surface area contributed by atoms with Crippen molar-refractivity contribution in [1.82, 2.24) is 5.32 Å². The highest BCUT2D eigenvalue weighted by Crippen LogP contribution is 2.38. The second-order valence-electron chi connectivity index (χ2n) is 10.4. The number of rotatable bonds is 24. The number of phosphoric acid groups is 1. The molecule has 0 aromatic rings. The maximum Gasteiger partial charge on any atom is 0.472 e. The Bertz CT molecular complexity index is 536. The van der Waals surface area contributed by atoms with Gasteiger partial charge in [0.05, 0.1) is 27.7 Å². The zero-order valence-electron chi connectivity index (χ0n) is 22.4. The number of hydrogen-bond acceptors (Lipinski definition) is 4. The van der Waals surface area contributed by atoms with Crippen LogP contribution in [-0.4, -0.2) is 67.3 Å². The van der Waals surface area contributed by atoms with Gasteiger partial charge in [-0.2, -0.15) is 0 Å². The Hall–Kier alpha value is -0.500. The second kappa shape index (κ2) is 20.7. The molecule has 0 saturated carbocycles. The van der Waals surface area contributed by atoms with E-state index in [1.807, 2.05) is 21.1 Å². The fraction of sp³-hybridized carbons (Fsp3) is 0.960. The van der Waals surface area contributed by atoms with E-state index in [4.69, 9.17) is 19.0 Å². The Labute approximate surface area is 209 Å². The van der Waals surface area contributed by atoms with E-state index in [0.29, 0.717) is 37.0 Å². The van der Waals surface area contributed by atoms with Gasteiger partial charge in [-0.25, -0.2) is 4.57 Å². The van der Waals surface area contributed by atoms with Crippen molar-refractivity contribution >= 4 is 13.7 Å². The van der Waals surface area contributed by atoms with Crippen LogP contribution in [0.4, 0.5) is 0 Å². The number of phosphoric ester groups is 1. The molecule has 3 N–H and O–H groups in total. The van der Waals surface area contributed by atoms with Crippen molar-refractivity contribution in [3.05, 3.63) is 0 Å². The van der Waals surface area contributed by atoms with Crippen LogP contribution >= 0.6 is 7.82 Å². The average Bonchev–Trinajstić information content (AvgIpc) is 2.71. The van der Waals surface area contributed by atoms with Crippen LogP contribution in [0.25, 0.3) is 0 Å². The molecule has 0 radical (unpaired) electrons. The van der Waals surface area contributed by atoms with E-state index in [-0.39, 0.29) is 5.91 Å². The predicted octanol–water partition coefficient (Wildman–Crippen LogP) is 5.52. The standard InChI is InChI=1S/C25H53N2O6P/c1-5-6-7-8-9-10-11-12-13-14-15-16-17-20-24(28)26-21-18-19-22-32-25(23-27(2,3)4)33-34(29,30)31/h25H,5-23H2,1-4H3,(H2-,26,28,29,30,31)/p+1. The van der Waals surface area contributed by atoms with Crippen molar-refractivity contribution in [2.75, 3.05) is 40.8 Å². The van der Waals surface area contributed by atoms with Crippen molar-refractivity contribution in [1.29, 1.82) is 0 Å². The molecule has 8 nitrogen and oxygen atoms in total. The number of nitrogens with zero attached hydrogens (tertiary/aromatic N) is 1. The van der Waals surface area contributed by atoms with Crippen LogP contribution < -0.4 is 5.32 Å². The zero-order valence-corrected chi connectivity index (χ0v) is 23.3. The monoisotopic (exact) mass is 509 g/mol. The molecule has 204 valence electrons. The predicted molar refractivity (Wildman–Crippen MR) is 138 cm³/mol. The molecular formula is C25H54N2O6P+. The minimum absolute atomic E-state index is 0.0942. The van der Waals surface area contributed by atoms with Crippen molar-refractivity contribution in [3.8, 4) is 0 Å². The lowest BCUT2D eigenvalue weighted by atomic mass is 10.0. The lowest BCUT2D eigenvalue weighted by molar-refractivity contribution is -0.876. The lowest BCUT2D eigenvalue weighted by Gasteiger charge is -2.29. The quantitative estimate of drug-likeness (QED) is 0.0685. The van der Waals surface area contributed by atoms with Gasteiger partial charge in [-0.15, -0.1) is 0 Å². The SMILES string of the molecule is CCCCCCCCCCCCCCCC(=O)NCCCCOC(C[N+](C)(C)C)OP(=O)(O)O. The van der Waals surface area contributed by atoms with E-state index in [2.05, 4.69) is 12.2 Å². The molecule has 9 heteroatoms. The molecule has 0 aliphatic carbocycles. The molecule has 0 heterocycles. The van der Waals surface area contributed by atoms with Gasteiger partial charge in [0, 0.05) is 13.0 Å². The van der Waals surface area contributed by atoms with Gasteiger partial charge in [0.15, 0.2) is 0 Å². The summed E-state index contributed by atoms with van der Waals surface area (Å²) in [5.74, 6) is 0.0942. The Balaban J connectivity index is 3.57. The van der Waals surface area contributed by atoms with Crippen molar-refractivity contribution in [3.63, 3.8) is 0 Å². The summed E-state index contributed by atoms with van der Waals surface area (Å²) in [6.07, 6.45) is 17.9. The number of likely N-dealkylation sites (N-methyl/N-ethyl adjacent to an activating group) is 1. The molecule has 0 bridgehead atoms. The van der Waals surface area contributed by atoms with Gasteiger partial charge in [0.25, 0.3) is 0 Å².